The van der Waals surface area contributed by atoms with Crippen LogP contribution in [-0.4, -0.2) is 85.7 Å². The van der Waals surface area contributed by atoms with Crippen molar-refractivity contribution >= 4 is 22.6 Å². The van der Waals surface area contributed by atoms with E-state index in [1.165, 1.54) is 0 Å². The van der Waals surface area contributed by atoms with Crippen LogP contribution in [0.15, 0.2) is 42.5 Å². The zero-order valence-corrected chi connectivity index (χ0v) is 19.9. The van der Waals surface area contributed by atoms with Crippen LogP contribution in [0.3, 0.4) is 0 Å². The summed E-state index contributed by atoms with van der Waals surface area (Å²) in [6.45, 7) is 5.53. The van der Waals surface area contributed by atoms with Crippen molar-refractivity contribution in [3.8, 4) is 22.9 Å². The molecule has 3 aromatic rings. The van der Waals surface area contributed by atoms with Crippen LogP contribution in [0.4, 0.5) is 5.82 Å². The van der Waals surface area contributed by atoms with Gasteiger partial charge in [-0.3, -0.25) is 9.69 Å². The second-order valence-corrected chi connectivity index (χ2v) is 8.81. The largest absolute Gasteiger partial charge is 0.493 e. The highest BCUT2D eigenvalue weighted by atomic mass is 16.5. The maximum atomic E-state index is 12.6. The van der Waals surface area contributed by atoms with E-state index in [2.05, 4.69) is 9.80 Å². The molecule has 5 rings (SSSR count). The number of fused-ring (bicyclic) bond motifs is 1. The number of anilines is 1. The first kappa shape index (κ1) is 22.4. The first-order valence-electron chi connectivity index (χ1n) is 11.9. The summed E-state index contributed by atoms with van der Waals surface area (Å²) in [4.78, 5) is 29.0. The molecule has 2 aromatic carbocycles. The summed E-state index contributed by atoms with van der Waals surface area (Å²) in [6, 6.07) is 13.9. The van der Waals surface area contributed by atoms with Gasteiger partial charge in [0.1, 0.15) is 5.82 Å². The van der Waals surface area contributed by atoms with Gasteiger partial charge in [0, 0.05) is 56.3 Å². The van der Waals surface area contributed by atoms with Crippen molar-refractivity contribution in [3.63, 3.8) is 0 Å². The van der Waals surface area contributed by atoms with Gasteiger partial charge in [0.2, 0.25) is 5.91 Å². The number of methoxy groups -OCH3 is 2. The summed E-state index contributed by atoms with van der Waals surface area (Å²) in [7, 11) is 3.27. The lowest BCUT2D eigenvalue weighted by Gasteiger charge is -2.36. The van der Waals surface area contributed by atoms with Crippen molar-refractivity contribution in [1.82, 2.24) is 19.8 Å². The van der Waals surface area contributed by atoms with E-state index >= 15 is 0 Å². The summed E-state index contributed by atoms with van der Waals surface area (Å²) in [6.07, 6.45) is 2.25. The molecular weight excluding hydrogens is 430 g/mol. The van der Waals surface area contributed by atoms with Gasteiger partial charge < -0.3 is 19.3 Å². The highest BCUT2D eigenvalue weighted by molar-refractivity contribution is 5.93. The topological polar surface area (TPSA) is 71.0 Å². The fourth-order valence-corrected chi connectivity index (χ4v) is 4.77. The fourth-order valence-electron chi connectivity index (χ4n) is 4.77. The molecule has 8 nitrogen and oxygen atoms in total. The van der Waals surface area contributed by atoms with Gasteiger partial charge in [0.05, 0.1) is 26.3 Å². The van der Waals surface area contributed by atoms with Crippen LogP contribution >= 0.6 is 0 Å². The quantitative estimate of drug-likeness (QED) is 0.559. The number of hydrogen-bond acceptors (Lipinski definition) is 7. The number of piperazine rings is 1. The molecule has 0 aliphatic carbocycles. The lowest BCUT2D eigenvalue weighted by molar-refractivity contribution is -0.131. The highest BCUT2D eigenvalue weighted by Crippen LogP contribution is 2.36. The molecule has 2 aliphatic rings. The van der Waals surface area contributed by atoms with Gasteiger partial charge in [0.15, 0.2) is 17.3 Å². The zero-order valence-electron chi connectivity index (χ0n) is 19.9. The van der Waals surface area contributed by atoms with Crippen molar-refractivity contribution in [3.05, 3.63) is 42.5 Å². The predicted octanol–water partition coefficient (Wildman–Crippen LogP) is 3.06. The van der Waals surface area contributed by atoms with Crippen molar-refractivity contribution in [2.45, 2.75) is 12.8 Å². The van der Waals surface area contributed by atoms with E-state index in [1.807, 2.05) is 47.4 Å². The van der Waals surface area contributed by atoms with Gasteiger partial charge in [-0.15, -0.1) is 0 Å². The van der Waals surface area contributed by atoms with Gasteiger partial charge >= 0.3 is 0 Å². The second kappa shape index (κ2) is 9.85. The van der Waals surface area contributed by atoms with Crippen LogP contribution in [0, 0.1) is 0 Å². The molecule has 0 N–H and O–H groups in total. The van der Waals surface area contributed by atoms with Crippen LogP contribution in [0.1, 0.15) is 12.8 Å². The first-order chi connectivity index (χ1) is 16.7. The molecule has 0 atom stereocenters. The number of likely N-dealkylation sites (tertiary alicyclic amines) is 1. The molecule has 1 amide bonds. The van der Waals surface area contributed by atoms with E-state index in [0.29, 0.717) is 23.9 Å². The molecule has 8 heteroatoms. The van der Waals surface area contributed by atoms with Gasteiger partial charge in [-0.05, 0) is 18.9 Å². The summed E-state index contributed by atoms with van der Waals surface area (Å²) in [5.74, 6) is 3.12. The van der Waals surface area contributed by atoms with Gasteiger partial charge in [-0.1, -0.05) is 30.3 Å². The molecule has 0 saturated carbocycles. The molecular formula is C26H31N5O3. The lowest BCUT2D eigenvalue weighted by atomic mass is 10.1. The Morgan fingerprint density at radius 2 is 1.56 bits per heavy atom. The van der Waals surface area contributed by atoms with Crippen LogP contribution in [-0.2, 0) is 4.79 Å². The third-order valence-corrected chi connectivity index (χ3v) is 6.70. The van der Waals surface area contributed by atoms with Crippen LogP contribution < -0.4 is 14.4 Å². The van der Waals surface area contributed by atoms with Crippen molar-refractivity contribution in [2.75, 3.05) is 64.9 Å². The third kappa shape index (κ3) is 4.50. The van der Waals surface area contributed by atoms with E-state index in [1.54, 1.807) is 14.2 Å². The van der Waals surface area contributed by atoms with Crippen LogP contribution in [0.5, 0.6) is 11.5 Å². The standard InChI is InChI=1S/C26H31N5O3/c1-33-22-16-20-21(17-23(22)34-2)27-25(19-8-4-3-5-9-19)28-26(20)31-14-12-29(13-15-31)18-24(32)30-10-6-7-11-30/h3-5,8-9,16-17H,6-7,10-15,18H2,1-2H3. The number of nitrogens with zero attached hydrogens (tertiary/aromatic N) is 5. The minimum Gasteiger partial charge on any atom is -0.493 e. The van der Waals surface area contributed by atoms with E-state index in [9.17, 15) is 4.79 Å². The molecule has 2 aliphatic heterocycles. The van der Waals surface area contributed by atoms with Gasteiger partial charge in [0.25, 0.3) is 0 Å². The van der Waals surface area contributed by atoms with Crippen molar-refractivity contribution in [1.29, 1.82) is 0 Å². The molecule has 1 aromatic heterocycles. The van der Waals surface area contributed by atoms with Gasteiger partial charge in [-0.2, -0.15) is 0 Å². The molecule has 0 spiro atoms. The Morgan fingerprint density at radius 1 is 0.882 bits per heavy atom. The number of carbonyl (C=O) groups is 1. The van der Waals surface area contributed by atoms with E-state index < -0.39 is 0 Å². The van der Waals surface area contributed by atoms with E-state index in [4.69, 9.17) is 19.4 Å². The maximum Gasteiger partial charge on any atom is 0.236 e. The minimum absolute atomic E-state index is 0.252. The Balaban J connectivity index is 1.44. The molecule has 178 valence electrons. The van der Waals surface area contributed by atoms with E-state index in [0.717, 1.165) is 74.4 Å². The number of amides is 1. The van der Waals surface area contributed by atoms with E-state index in [-0.39, 0.29) is 5.91 Å². The Bertz CT molecular complexity index is 1160. The Kier molecular flexibility index (Phi) is 6.49. The average molecular weight is 462 g/mol. The van der Waals surface area contributed by atoms with Gasteiger partial charge in [-0.25, -0.2) is 9.97 Å². The molecule has 2 fully saturated rings. The summed E-state index contributed by atoms with van der Waals surface area (Å²) in [5.41, 5.74) is 1.78. The fraction of sp³-hybridized carbons (Fsp3) is 0.423. The number of aromatic nitrogens is 2. The Hall–Kier alpha value is -3.39. The van der Waals surface area contributed by atoms with Crippen molar-refractivity contribution < 1.29 is 14.3 Å². The third-order valence-electron chi connectivity index (χ3n) is 6.70. The second-order valence-electron chi connectivity index (χ2n) is 8.81. The van der Waals surface area contributed by atoms with Crippen LogP contribution in [0.25, 0.3) is 22.3 Å². The molecule has 3 heterocycles. The molecule has 0 unspecified atom stereocenters. The highest BCUT2D eigenvalue weighted by Gasteiger charge is 2.26. The number of benzene rings is 2. The molecule has 0 radical (unpaired) electrons. The molecule has 2 saturated heterocycles. The minimum atomic E-state index is 0.252. The number of hydrogen-bond donors (Lipinski definition) is 0. The lowest BCUT2D eigenvalue weighted by Crippen LogP contribution is -2.50. The molecule has 0 bridgehead atoms. The molecule has 34 heavy (non-hydrogen) atoms. The maximum absolute atomic E-state index is 12.6. The number of carbonyl (C=O) groups excluding carboxylic acids is 1. The SMILES string of the molecule is COc1cc2nc(-c3ccccc3)nc(N3CCN(CC(=O)N4CCCC4)CC3)c2cc1OC. The Labute approximate surface area is 200 Å². The first-order valence-corrected chi connectivity index (χ1v) is 11.9. The van der Waals surface area contributed by atoms with Crippen LogP contribution in [0.2, 0.25) is 0 Å². The monoisotopic (exact) mass is 461 g/mol. The Morgan fingerprint density at radius 3 is 2.24 bits per heavy atom. The smallest absolute Gasteiger partial charge is 0.236 e. The number of rotatable bonds is 6. The summed E-state index contributed by atoms with van der Waals surface area (Å²) >= 11 is 0. The normalized spacial score (nSPS) is 16.8. The summed E-state index contributed by atoms with van der Waals surface area (Å²) < 4.78 is 11.1. The average Bonchev–Trinajstić information content (AvgIpc) is 3.43. The number of ether oxygens (including phenoxy) is 2. The predicted molar refractivity (Wildman–Crippen MR) is 133 cm³/mol. The zero-order chi connectivity index (χ0) is 23.5. The van der Waals surface area contributed by atoms with Crippen molar-refractivity contribution in [2.24, 2.45) is 0 Å². The summed E-state index contributed by atoms with van der Waals surface area (Å²) in [5, 5.41) is 0.930.